The molecule has 1 N–H and O–H groups in total. The first-order chi connectivity index (χ1) is 15.1. The number of carbonyl (C=O) groups is 1. The van der Waals surface area contributed by atoms with Crippen LogP contribution >= 0.6 is 0 Å². The first-order valence-corrected chi connectivity index (χ1v) is 10.8. The van der Waals surface area contributed by atoms with Gasteiger partial charge in [0, 0.05) is 43.0 Å². The molecular weight excluding hydrogens is 395 g/mol. The van der Waals surface area contributed by atoms with Crippen molar-refractivity contribution in [3.8, 4) is 17.0 Å². The van der Waals surface area contributed by atoms with Crippen molar-refractivity contribution in [3.05, 3.63) is 54.4 Å². The Balaban J connectivity index is 1.50. The van der Waals surface area contributed by atoms with Crippen molar-refractivity contribution in [3.63, 3.8) is 0 Å². The maximum Gasteiger partial charge on any atom is 0.252 e. The number of hydrogen-bond donors (Lipinski definition) is 1. The lowest BCUT2D eigenvalue weighted by Crippen LogP contribution is -2.29. The maximum absolute atomic E-state index is 13.3. The Morgan fingerprint density at radius 1 is 1.29 bits per heavy atom. The highest BCUT2D eigenvalue weighted by Gasteiger charge is 2.21. The molecule has 4 rings (SSSR count). The summed E-state index contributed by atoms with van der Waals surface area (Å²) in [7, 11) is 0. The number of aromatic nitrogens is 2. The van der Waals surface area contributed by atoms with Gasteiger partial charge in [-0.1, -0.05) is 0 Å². The molecule has 1 aromatic carbocycles. The number of halogens is 1. The fourth-order valence-corrected chi connectivity index (χ4v) is 3.88. The van der Waals surface area contributed by atoms with Crippen LogP contribution in [0.25, 0.3) is 22.2 Å². The number of benzene rings is 1. The minimum Gasteiger partial charge on any atom is -0.494 e. The van der Waals surface area contributed by atoms with Gasteiger partial charge in [0.2, 0.25) is 0 Å². The SMILES string of the molecule is CCOc1ccc(-c2cc(C(=O)NCCCN3CC[C@H](F)C3)c3cnccc3n2)cc1. The van der Waals surface area contributed by atoms with E-state index in [0.29, 0.717) is 31.7 Å². The minimum absolute atomic E-state index is 0.155. The molecule has 0 saturated carbocycles. The molecule has 0 radical (unpaired) electrons. The van der Waals surface area contributed by atoms with E-state index in [9.17, 15) is 9.18 Å². The van der Waals surface area contributed by atoms with E-state index in [0.717, 1.165) is 47.4 Å². The lowest BCUT2D eigenvalue weighted by atomic mass is 10.0. The van der Waals surface area contributed by atoms with E-state index >= 15 is 0 Å². The normalized spacial score (nSPS) is 16.5. The fourth-order valence-electron chi connectivity index (χ4n) is 3.88. The molecule has 0 unspecified atom stereocenters. The molecule has 1 aliphatic rings. The summed E-state index contributed by atoms with van der Waals surface area (Å²) in [5, 5.41) is 3.71. The number of fused-ring (bicyclic) bond motifs is 1. The Morgan fingerprint density at radius 3 is 2.87 bits per heavy atom. The van der Waals surface area contributed by atoms with E-state index in [1.54, 1.807) is 12.4 Å². The first kappa shape index (κ1) is 21.2. The minimum atomic E-state index is -0.716. The summed E-state index contributed by atoms with van der Waals surface area (Å²) >= 11 is 0. The highest BCUT2D eigenvalue weighted by atomic mass is 19.1. The van der Waals surface area contributed by atoms with Crippen molar-refractivity contribution in [2.24, 2.45) is 0 Å². The molecule has 1 atom stereocenters. The van der Waals surface area contributed by atoms with Crippen LogP contribution in [0, 0.1) is 0 Å². The Labute approximate surface area is 181 Å². The summed E-state index contributed by atoms with van der Waals surface area (Å²) in [6.45, 7) is 5.17. The van der Waals surface area contributed by atoms with Crippen molar-refractivity contribution in [1.29, 1.82) is 0 Å². The van der Waals surface area contributed by atoms with Crippen molar-refractivity contribution in [2.45, 2.75) is 25.9 Å². The zero-order valence-corrected chi connectivity index (χ0v) is 17.7. The number of carbonyl (C=O) groups excluding carboxylic acids is 1. The molecule has 0 bridgehead atoms. The highest BCUT2D eigenvalue weighted by Crippen LogP contribution is 2.26. The summed E-state index contributed by atoms with van der Waals surface area (Å²) in [6.07, 6.45) is 4.02. The second-order valence-corrected chi connectivity index (χ2v) is 7.70. The van der Waals surface area contributed by atoms with Gasteiger partial charge < -0.3 is 15.0 Å². The third-order valence-electron chi connectivity index (χ3n) is 5.47. The largest absolute Gasteiger partial charge is 0.494 e. The van der Waals surface area contributed by atoms with Crippen LogP contribution in [-0.4, -0.2) is 59.7 Å². The van der Waals surface area contributed by atoms with Crippen molar-refractivity contribution in [2.75, 3.05) is 32.8 Å². The summed E-state index contributed by atoms with van der Waals surface area (Å²) in [6, 6.07) is 11.3. The van der Waals surface area contributed by atoms with Crippen LogP contribution in [-0.2, 0) is 0 Å². The molecule has 3 aromatic rings. The average molecular weight is 423 g/mol. The van der Waals surface area contributed by atoms with Crippen LogP contribution < -0.4 is 10.1 Å². The van der Waals surface area contributed by atoms with Crippen LogP contribution in [0.3, 0.4) is 0 Å². The van der Waals surface area contributed by atoms with Gasteiger partial charge in [0.1, 0.15) is 11.9 Å². The highest BCUT2D eigenvalue weighted by molar-refractivity contribution is 6.06. The van der Waals surface area contributed by atoms with E-state index in [-0.39, 0.29) is 5.91 Å². The lowest BCUT2D eigenvalue weighted by Gasteiger charge is -2.15. The molecule has 0 aliphatic carbocycles. The third-order valence-corrected chi connectivity index (χ3v) is 5.47. The van der Waals surface area contributed by atoms with Crippen molar-refractivity contribution >= 4 is 16.8 Å². The van der Waals surface area contributed by atoms with Gasteiger partial charge in [-0.05, 0) is 62.7 Å². The zero-order valence-electron chi connectivity index (χ0n) is 17.7. The fraction of sp³-hybridized carbons (Fsp3) is 0.375. The molecule has 7 heteroatoms. The van der Waals surface area contributed by atoms with Crippen LogP contribution in [0.15, 0.2) is 48.8 Å². The number of likely N-dealkylation sites (tertiary alicyclic amines) is 1. The third kappa shape index (κ3) is 5.17. The summed E-state index contributed by atoms with van der Waals surface area (Å²) < 4.78 is 18.8. The smallest absolute Gasteiger partial charge is 0.252 e. The molecule has 1 fully saturated rings. The van der Waals surface area contributed by atoms with E-state index in [1.807, 2.05) is 43.3 Å². The Morgan fingerprint density at radius 2 is 2.13 bits per heavy atom. The number of nitrogens with zero attached hydrogens (tertiary/aromatic N) is 3. The number of rotatable bonds is 8. The molecule has 162 valence electrons. The Hall–Kier alpha value is -3.06. The number of alkyl halides is 1. The quantitative estimate of drug-likeness (QED) is 0.559. The molecular formula is C24H27FN4O2. The predicted octanol–water partition coefficient (Wildman–Crippen LogP) is 3.86. The van der Waals surface area contributed by atoms with Gasteiger partial charge in [-0.2, -0.15) is 0 Å². The van der Waals surface area contributed by atoms with E-state index < -0.39 is 6.17 Å². The number of amides is 1. The molecule has 1 amide bonds. The number of hydrogen-bond acceptors (Lipinski definition) is 5. The van der Waals surface area contributed by atoms with Crippen molar-refractivity contribution < 1.29 is 13.9 Å². The van der Waals surface area contributed by atoms with Gasteiger partial charge in [0.15, 0.2) is 0 Å². The molecule has 3 heterocycles. The molecule has 6 nitrogen and oxygen atoms in total. The molecule has 1 saturated heterocycles. The van der Waals surface area contributed by atoms with Gasteiger partial charge in [0.05, 0.1) is 23.4 Å². The van der Waals surface area contributed by atoms with Gasteiger partial charge in [-0.25, -0.2) is 9.37 Å². The number of pyridine rings is 2. The summed E-state index contributed by atoms with van der Waals surface area (Å²) in [5.74, 6) is 0.642. The van der Waals surface area contributed by atoms with Crippen LogP contribution in [0.2, 0.25) is 0 Å². The molecule has 31 heavy (non-hydrogen) atoms. The molecule has 0 spiro atoms. The van der Waals surface area contributed by atoms with Gasteiger partial charge in [0.25, 0.3) is 5.91 Å². The van der Waals surface area contributed by atoms with Gasteiger partial charge >= 0.3 is 0 Å². The van der Waals surface area contributed by atoms with Crippen molar-refractivity contribution in [1.82, 2.24) is 20.2 Å². The summed E-state index contributed by atoms with van der Waals surface area (Å²) in [5.41, 5.74) is 2.90. The second-order valence-electron chi connectivity index (χ2n) is 7.70. The lowest BCUT2D eigenvalue weighted by molar-refractivity contribution is 0.0953. The number of ether oxygens (including phenoxy) is 1. The van der Waals surface area contributed by atoms with E-state index in [2.05, 4.69) is 15.2 Å². The zero-order chi connectivity index (χ0) is 21.6. The Kier molecular flexibility index (Phi) is 6.72. The van der Waals surface area contributed by atoms with E-state index in [4.69, 9.17) is 9.72 Å². The number of nitrogens with one attached hydrogen (secondary N) is 1. The van der Waals surface area contributed by atoms with Crippen LogP contribution in [0.4, 0.5) is 4.39 Å². The maximum atomic E-state index is 13.3. The monoisotopic (exact) mass is 422 g/mol. The Bertz CT molecular complexity index is 1040. The van der Waals surface area contributed by atoms with E-state index in [1.165, 1.54) is 0 Å². The molecule has 2 aromatic heterocycles. The molecule has 1 aliphatic heterocycles. The van der Waals surface area contributed by atoms with Crippen LogP contribution in [0.1, 0.15) is 30.1 Å². The summed E-state index contributed by atoms with van der Waals surface area (Å²) in [4.78, 5) is 24.0. The predicted molar refractivity (Wildman–Crippen MR) is 119 cm³/mol. The average Bonchev–Trinajstić information content (AvgIpc) is 3.21. The standard InChI is InChI=1S/C24H27FN4O2/c1-2-31-19-6-4-17(5-7-19)23-14-20(21-15-26-11-8-22(21)28-23)24(30)27-10-3-12-29-13-9-18(25)16-29/h4-8,11,14-15,18H,2-3,9-10,12-13,16H2,1H3,(H,27,30)/t18-/m0/s1. The second kappa shape index (κ2) is 9.83. The van der Waals surface area contributed by atoms with Gasteiger partial charge in [-0.15, -0.1) is 0 Å². The first-order valence-electron chi connectivity index (χ1n) is 10.8. The van der Waals surface area contributed by atoms with Gasteiger partial charge in [-0.3, -0.25) is 9.78 Å². The topological polar surface area (TPSA) is 67.3 Å². The van der Waals surface area contributed by atoms with Crippen LogP contribution in [0.5, 0.6) is 5.75 Å².